The maximum Gasteiger partial charge on any atom is 0.255 e. The van der Waals surface area contributed by atoms with Crippen molar-refractivity contribution in [3.63, 3.8) is 0 Å². The van der Waals surface area contributed by atoms with Crippen LogP contribution in [0.2, 0.25) is 5.02 Å². The standard InChI is InChI=1S/C18H22ClN3O2S/c1-11(2)9-20-16(23)8-15-12(3)21-18(22-17(15)24)25-10-13-5-4-6-14(19)7-13/h4-7,11H,8-10H2,1-3H3,(H,20,23)(H,21,22,24). The number of benzene rings is 1. The van der Waals surface area contributed by atoms with E-state index in [4.69, 9.17) is 11.6 Å². The molecule has 7 heteroatoms. The van der Waals surface area contributed by atoms with Crippen molar-refractivity contribution >= 4 is 29.3 Å². The first kappa shape index (κ1) is 19.5. The van der Waals surface area contributed by atoms with Gasteiger partial charge < -0.3 is 10.3 Å². The summed E-state index contributed by atoms with van der Waals surface area (Å²) in [7, 11) is 0. The van der Waals surface area contributed by atoms with Gasteiger partial charge >= 0.3 is 0 Å². The number of aromatic nitrogens is 2. The average molecular weight is 380 g/mol. The molecule has 0 aliphatic heterocycles. The Morgan fingerprint density at radius 1 is 1.40 bits per heavy atom. The highest BCUT2D eigenvalue weighted by Gasteiger charge is 2.13. The van der Waals surface area contributed by atoms with Crippen LogP contribution < -0.4 is 10.9 Å². The molecule has 0 unspecified atom stereocenters. The summed E-state index contributed by atoms with van der Waals surface area (Å²) in [6, 6.07) is 7.56. The minimum absolute atomic E-state index is 0.0418. The molecule has 134 valence electrons. The summed E-state index contributed by atoms with van der Waals surface area (Å²) in [5.41, 5.74) is 1.78. The van der Waals surface area contributed by atoms with Gasteiger partial charge in [-0.25, -0.2) is 4.98 Å². The Hall–Kier alpha value is -1.79. The second kappa shape index (κ2) is 9.06. The molecule has 0 aliphatic carbocycles. The summed E-state index contributed by atoms with van der Waals surface area (Å²) in [5, 5.41) is 4.03. The number of H-pyrrole nitrogens is 1. The molecule has 0 bridgehead atoms. The first-order chi connectivity index (χ1) is 11.8. The van der Waals surface area contributed by atoms with Gasteiger partial charge in [0, 0.05) is 28.6 Å². The molecule has 1 heterocycles. The fourth-order valence-corrected chi connectivity index (χ4v) is 3.24. The van der Waals surface area contributed by atoms with Crippen molar-refractivity contribution in [3.05, 3.63) is 56.5 Å². The summed E-state index contributed by atoms with van der Waals surface area (Å²) in [6.07, 6.45) is 0.0418. The summed E-state index contributed by atoms with van der Waals surface area (Å²) in [5.74, 6) is 0.854. The molecule has 25 heavy (non-hydrogen) atoms. The number of amides is 1. The lowest BCUT2D eigenvalue weighted by atomic mass is 10.1. The Kier molecular flexibility index (Phi) is 7.08. The number of hydrogen-bond acceptors (Lipinski definition) is 4. The zero-order valence-electron chi connectivity index (χ0n) is 14.6. The second-order valence-corrected chi connectivity index (χ2v) is 7.63. The van der Waals surface area contributed by atoms with Crippen LogP contribution in [0.3, 0.4) is 0 Å². The molecule has 1 aromatic carbocycles. The maximum absolute atomic E-state index is 12.3. The van der Waals surface area contributed by atoms with Gasteiger partial charge in [0.2, 0.25) is 5.91 Å². The number of hydrogen-bond donors (Lipinski definition) is 2. The number of halogens is 1. The maximum atomic E-state index is 12.3. The van der Waals surface area contributed by atoms with E-state index in [-0.39, 0.29) is 17.9 Å². The highest BCUT2D eigenvalue weighted by molar-refractivity contribution is 7.98. The smallest absolute Gasteiger partial charge is 0.255 e. The Balaban J connectivity index is 2.04. The van der Waals surface area contributed by atoms with Crippen LogP contribution >= 0.6 is 23.4 Å². The minimum atomic E-state index is -0.263. The lowest BCUT2D eigenvalue weighted by Gasteiger charge is -2.09. The molecule has 2 aromatic rings. The highest BCUT2D eigenvalue weighted by atomic mass is 35.5. The lowest BCUT2D eigenvalue weighted by Crippen LogP contribution is -2.31. The SMILES string of the molecule is Cc1nc(SCc2cccc(Cl)c2)[nH]c(=O)c1CC(=O)NCC(C)C. The normalized spacial score (nSPS) is 10.9. The zero-order valence-corrected chi connectivity index (χ0v) is 16.1. The third-order valence-electron chi connectivity index (χ3n) is 3.51. The number of aryl methyl sites for hydroxylation is 1. The summed E-state index contributed by atoms with van der Waals surface area (Å²) < 4.78 is 0. The number of nitrogens with one attached hydrogen (secondary N) is 2. The molecule has 0 aliphatic rings. The van der Waals surface area contributed by atoms with Crippen LogP contribution in [0.4, 0.5) is 0 Å². The van der Waals surface area contributed by atoms with Crippen molar-refractivity contribution in [2.75, 3.05) is 6.54 Å². The Labute approximate surface area is 156 Å². The molecule has 0 atom stereocenters. The van der Waals surface area contributed by atoms with Crippen molar-refractivity contribution in [1.29, 1.82) is 0 Å². The van der Waals surface area contributed by atoms with E-state index in [0.29, 0.717) is 39.7 Å². The van der Waals surface area contributed by atoms with E-state index >= 15 is 0 Å². The Morgan fingerprint density at radius 3 is 2.80 bits per heavy atom. The van der Waals surface area contributed by atoms with E-state index in [1.807, 2.05) is 38.1 Å². The van der Waals surface area contributed by atoms with E-state index in [9.17, 15) is 9.59 Å². The van der Waals surface area contributed by atoms with Crippen molar-refractivity contribution < 1.29 is 4.79 Å². The van der Waals surface area contributed by atoms with Crippen molar-refractivity contribution in [2.45, 2.75) is 38.1 Å². The molecule has 0 fully saturated rings. The molecule has 0 saturated heterocycles. The quantitative estimate of drug-likeness (QED) is 0.571. The van der Waals surface area contributed by atoms with Crippen molar-refractivity contribution in [3.8, 4) is 0 Å². The third kappa shape index (κ3) is 6.21. The molecule has 1 aromatic heterocycles. The molecule has 2 N–H and O–H groups in total. The largest absolute Gasteiger partial charge is 0.356 e. The number of thioether (sulfide) groups is 1. The minimum Gasteiger partial charge on any atom is -0.356 e. The molecule has 2 rings (SSSR count). The van der Waals surface area contributed by atoms with Crippen LogP contribution in [0.25, 0.3) is 0 Å². The summed E-state index contributed by atoms with van der Waals surface area (Å²) in [6.45, 7) is 6.39. The van der Waals surface area contributed by atoms with Crippen LogP contribution in [0.5, 0.6) is 0 Å². The van der Waals surface area contributed by atoms with Crippen molar-refractivity contribution in [2.24, 2.45) is 5.92 Å². The van der Waals surface area contributed by atoms with E-state index in [0.717, 1.165) is 5.56 Å². The number of rotatable bonds is 7. The van der Waals surface area contributed by atoms with E-state index in [2.05, 4.69) is 15.3 Å². The molecule has 5 nitrogen and oxygen atoms in total. The van der Waals surface area contributed by atoms with Gasteiger partial charge in [0.25, 0.3) is 5.56 Å². The van der Waals surface area contributed by atoms with Crippen LogP contribution in [-0.2, 0) is 17.0 Å². The number of nitrogens with zero attached hydrogens (tertiary/aromatic N) is 1. The first-order valence-electron chi connectivity index (χ1n) is 8.09. The summed E-state index contributed by atoms with van der Waals surface area (Å²) >= 11 is 7.40. The molecule has 1 amide bonds. The molecule has 0 spiro atoms. The third-order valence-corrected chi connectivity index (χ3v) is 4.69. The van der Waals surface area contributed by atoms with Gasteiger partial charge in [-0.3, -0.25) is 9.59 Å². The molecule has 0 saturated carbocycles. The average Bonchev–Trinajstić information content (AvgIpc) is 2.54. The first-order valence-corrected chi connectivity index (χ1v) is 9.45. The fraction of sp³-hybridized carbons (Fsp3) is 0.389. The van der Waals surface area contributed by atoms with Gasteiger partial charge in [0.1, 0.15) is 0 Å². The van der Waals surface area contributed by atoms with E-state index in [1.54, 1.807) is 6.92 Å². The van der Waals surface area contributed by atoms with Crippen LogP contribution in [-0.4, -0.2) is 22.4 Å². The van der Waals surface area contributed by atoms with Gasteiger partial charge in [-0.15, -0.1) is 0 Å². The van der Waals surface area contributed by atoms with Gasteiger partial charge in [-0.1, -0.05) is 49.3 Å². The van der Waals surface area contributed by atoms with E-state index in [1.165, 1.54) is 11.8 Å². The lowest BCUT2D eigenvalue weighted by molar-refractivity contribution is -0.120. The molecular formula is C18H22ClN3O2S. The van der Waals surface area contributed by atoms with Gasteiger partial charge in [-0.2, -0.15) is 0 Å². The van der Waals surface area contributed by atoms with Crippen molar-refractivity contribution in [1.82, 2.24) is 15.3 Å². The van der Waals surface area contributed by atoms with E-state index < -0.39 is 0 Å². The predicted molar refractivity (Wildman–Crippen MR) is 102 cm³/mol. The number of carbonyl (C=O) groups excluding carboxylic acids is 1. The van der Waals surface area contributed by atoms with Crippen LogP contribution in [0.15, 0.2) is 34.2 Å². The topological polar surface area (TPSA) is 74.8 Å². The summed E-state index contributed by atoms with van der Waals surface area (Å²) in [4.78, 5) is 31.4. The zero-order chi connectivity index (χ0) is 18.4. The number of carbonyl (C=O) groups is 1. The van der Waals surface area contributed by atoms with Crippen LogP contribution in [0, 0.1) is 12.8 Å². The fourth-order valence-electron chi connectivity index (χ4n) is 2.18. The second-order valence-electron chi connectivity index (χ2n) is 6.23. The van der Waals surface area contributed by atoms with Crippen LogP contribution in [0.1, 0.15) is 30.7 Å². The molecule has 0 radical (unpaired) electrons. The van der Waals surface area contributed by atoms with Gasteiger partial charge in [0.05, 0.1) is 6.42 Å². The molecular weight excluding hydrogens is 358 g/mol. The number of aromatic amines is 1. The monoisotopic (exact) mass is 379 g/mol. The Morgan fingerprint density at radius 2 is 2.16 bits per heavy atom. The highest BCUT2D eigenvalue weighted by Crippen LogP contribution is 2.21. The Bertz CT molecular complexity index is 805. The van der Waals surface area contributed by atoms with Gasteiger partial charge in [0.15, 0.2) is 5.16 Å². The van der Waals surface area contributed by atoms with Gasteiger partial charge in [-0.05, 0) is 30.5 Å². The predicted octanol–water partition coefficient (Wildman–Crippen LogP) is 3.34.